The minimum atomic E-state index is -3.95. The molecule has 20 heavy (non-hydrogen) atoms. The van der Waals surface area contributed by atoms with Crippen molar-refractivity contribution in [3.63, 3.8) is 0 Å². The quantitative estimate of drug-likeness (QED) is 0.679. The first-order valence-corrected chi connectivity index (χ1v) is 8.38. The van der Waals surface area contributed by atoms with Gasteiger partial charge in [0.15, 0.2) is 0 Å². The van der Waals surface area contributed by atoms with Gasteiger partial charge in [-0.05, 0) is 32.0 Å². The van der Waals surface area contributed by atoms with E-state index in [1.54, 1.807) is 13.8 Å². The highest BCUT2D eigenvalue weighted by atomic mass is 35.5. The summed E-state index contributed by atoms with van der Waals surface area (Å²) in [6, 6.07) is 4.82. The molecule has 7 nitrogen and oxygen atoms in total. The number of benzene rings is 1. The normalized spacial score (nSPS) is 12.8. The van der Waals surface area contributed by atoms with Gasteiger partial charge in [0.25, 0.3) is 0 Å². The monoisotopic (exact) mass is 343 g/mol. The lowest BCUT2D eigenvalue weighted by Crippen LogP contribution is -2.48. The smallest absolute Gasteiger partial charge is 0.241 e. The first kappa shape index (κ1) is 19.3. The van der Waals surface area contributed by atoms with Crippen LogP contribution in [0.3, 0.4) is 0 Å². The topological polar surface area (TPSA) is 132 Å². The van der Waals surface area contributed by atoms with Crippen LogP contribution >= 0.6 is 12.4 Å². The molecule has 0 amide bonds. The summed E-state index contributed by atoms with van der Waals surface area (Å²) >= 11 is 0. The maximum Gasteiger partial charge on any atom is 0.241 e. The maximum absolute atomic E-state index is 12.1. The van der Waals surface area contributed by atoms with E-state index in [4.69, 9.17) is 10.9 Å². The highest BCUT2D eigenvalue weighted by molar-refractivity contribution is 7.90. The Morgan fingerprint density at radius 2 is 1.65 bits per heavy atom. The van der Waals surface area contributed by atoms with Crippen molar-refractivity contribution in [1.29, 1.82) is 0 Å². The second-order valence-corrected chi connectivity index (χ2v) is 7.96. The molecule has 10 heteroatoms. The molecule has 1 rings (SSSR count). The SMILES string of the molecule is CC(C)(CN)NS(=O)(=O)c1cccc(S(N)(=O)=O)c1.Cl. The molecular formula is C10H18ClN3O4S2. The second kappa shape index (κ2) is 6.37. The third-order valence-electron chi connectivity index (χ3n) is 2.37. The molecular weight excluding hydrogens is 326 g/mol. The van der Waals surface area contributed by atoms with Gasteiger partial charge in [-0.25, -0.2) is 26.7 Å². The van der Waals surface area contributed by atoms with E-state index in [1.165, 1.54) is 18.2 Å². The van der Waals surface area contributed by atoms with Gasteiger partial charge >= 0.3 is 0 Å². The van der Waals surface area contributed by atoms with Crippen LogP contribution in [-0.4, -0.2) is 28.9 Å². The predicted octanol–water partition coefficient (Wildman–Crippen LogP) is -0.229. The van der Waals surface area contributed by atoms with E-state index >= 15 is 0 Å². The maximum atomic E-state index is 12.1. The standard InChI is InChI=1S/C10H17N3O4S2.ClH/c1-10(2,7-11)13-19(16,17)9-5-3-4-8(6-9)18(12,14)15;/h3-6,13H,7,11H2,1-2H3,(H2,12,14,15);1H. The zero-order valence-electron chi connectivity index (χ0n) is 11.0. The molecule has 1 aromatic carbocycles. The van der Waals surface area contributed by atoms with Crippen LogP contribution < -0.4 is 15.6 Å². The number of rotatable bonds is 5. The Hall–Kier alpha value is -0.710. The number of sulfonamides is 2. The van der Waals surface area contributed by atoms with Gasteiger partial charge in [-0.15, -0.1) is 12.4 Å². The summed E-state index contributed by atoms with van der Waals surface area (Å²) in [6.45, 7) is 3.34. The highest BCUT2D eigenvalue weighted by Crippen LogP contribution is 2.16. The summed E-state index contributed by atoms with van der Waals surface area (Å²) in [5.41, 5.74) is 4.61. The molecule has 0 spiro atoms. The third kappa shape index (κ3) is 5.00. The molecule has 0 aliphatic carbocycles. The molecule has 0 aromatic heterocycles. The molecule has 5 N–H and O–H groups in total. The minimum absolute atomic E-state index is 0. The van der Waals surface area contributed by atoms with Crippen LogP contribution in [0.5, 0.6) is 0 Å². The number of hydrogen-bond acceptors (Lipinski definition) is 5. The van der Waals surface area contributed by atoms with Crippen molar-refractivity contribution in [3.8, 4) is 0 Å². The van der Waals surface area contributed by atoms with Gasteiger partial charge in [0, 0.05) is 12.1 Å². The predicted molar refractivity (Wildman–Crippen MR) is 78.5 cm³/mol. The van der Waals surface area contributed by atoms with Crippen LogP contribution in [0, 0.1) is 0 Å². The molecule has 0 saturated heterocycles. The number of nitrogens with one attached hydrogen (secondary N) is 1. The lowest BCUT2D eigenvalue weighted by atomic mass is 10.1. The molecule has 0 bridgehead atoms. The lowest BCUT2D eigenvalue weighted by Gasteiger charge is -2.23. The summed E-state index contributed by atoms with van der Waals surface area (Å²) in [5, 5.41) is 4.96. The zero-order valence-corrected chi connectivity index (χ0v) is 13.5. The van der Waals surface area contributed by atoms with Crippen molar-refractivity contribution >= 4 is 32.5 Å². The van der Waals surface area contributed by atoms with Gasteiger partial charge in [-0.2, -0.15) is 0 Å². The molecule has 0 aliphatic heterocycles. The second-order valence-electron chi connectivity index (χ2n) is 4.71. The van der Waals surface area contributed by atoms with Gasteiger partial charge in [0.05, 0.1) is 9.79 Å². The van der Waals surface area contributed by atoms with Gasteiger partial charge in [-0.1, -0.05) is 6.07 Å². The minimum Gasteiger partial charge on any atom is -0.329 e. The van der Waals surface area contributed by atoms with E-state index in [1.807, 2.05) is 0 Å². The van der Waals surface area contributed by atoms with Crippen LogP contribution in [0.25, 0.3) is 0 Å². The zero-order chi connectivity index (χ0) is 14.9. The summed E-state index contributed by atoms with van der Waals surface area (Å²) in [6.07, 6.45) is 0. The average Bonchev–Trinajstić information content (AvgIpc) is 2.27. The lowest BCUT2D eigenvalue weighted by molar-refractivity contribution is 0.462. The highest BCUT2D eigenvalue weighted by Gasteiger charge is 2.25. The Bertz CT molecular complexity index is 671. The molecule has 0 atom stereocenters. The van der Waals surface area contributed by atoms with Crippen LogP contribution in [0.1, 0.15) is 13.8 Å². The fraction of sp³-hybridized carbons (Fsp3) is 0.400. The van der Waals surface area contributed by atoms with Gasteiger partial charge < -0.3 is 5.73 Å². The Morgan fingerprint density at radius 1 is 1.15 bits per heavy atom. The molecule has 116 valence electrons. The molecule has 0 unspecified atom stereocenters. The molecule has 1 aromatic rings. The third-order valence-corrected chi connectivity index (χ3v) is 4.97. The van der Waals surface area contributed by atoms with Crippen LogP contribution in [0.2, 0.25) is 0 Å². The van der Waals surface area contributed by atoms with Crippen molar-refractivity contribution in [2.75, 3.05) is 6.54 Å². The Kier molecular flexibility index (Phi) is 6.15. The molecule has 0 aliphatic rings. The van der Waals surface area contributed by atoms with E-state index in [-0.39, 0.29) is 28.7 Å². The summed E-state index contributed by atoms with van der Waals surface area (Å²) in [4.78, 5) is -0.443. The van der Waals surface area contributed by atoms with E-state index in [9.17, 15) is 16.8 Å². The average molecular weight is 344 g/mol. The molecule has 0 fully saturated rings. The fourth-order valence-electron chi connectivity index (χ4n) is 1.28. The van der Waals surface area contributed by atoms with Crippen molar-refractivity contribution in [2.45, 2.75) is 29.2 Å². The number of hydrogen-bond donors (Lipinski definition) is 3. The van der Waals surface area contributed by atoms with Crippen molar-refractivity contribution in [2.24, 2.45) is 10.9 Å². The van der Waals surface area contributed by atoms with E-state index in [0.717, 1.165) is 6.07 Å². The van der Waals surface area contributed by atoms with Crippen LogP contribution in [0.15, 0.2) is 34.1 Å². The van der Waals surface area contributed by atoms with Crippen LogP contribution in [0.4, 0.5) is 0 Å². The van der Waals surface area contributed by atoms with Gasteiger partial charge in [0.2, 0.25) is 20.0 Å². The van der Waals surface area contributed by atoms with Crippen molar-refractivity contribution in [1.82, 2.24) is 4.72 Å². The van der Waals surface area contributed by atoms with E-state index < -0.39 is 25.6 Å². The molecule has 0 saturated carbocycles. The molecule has 0 heterocycles. The van der Waals surface area contributed by atoms with Crippen LogP contribution in [-0.2, 0) is 20.0 Å². The number of nitrogens with two attached hydrogens (primary N) is 2. The Morgan fingerprint density at radius 3 is 2.10 bits per heavy atom. The van der Waals surface area contributed by atoms with Crippen molar-refractivity contribution in [3.05, 3.63) is 24.3 Å². The Labute approximate surface area is 125 Å². The number of primary sulfonamides is 1. The van der Waals surface area contributed by atoms with Gasteiger partial charge in [-0.3, -0.25) is 0 Å². The first-order chi connectivity index (χ1) is 8.48. The largest absolute Gasteiger partial charge is 0.329 e. The van der Waals surface area contributed by atoms with E-state index in [0.29, 0.717) is 0 Å². The fourth-order valence-corrected chi connectivity index (χ4v) is 3.39. The van der Waals surface area contributed by atoms with E-state index in [2.05, 4.69) is 4.72 Å². The summed E-state index contributed by atoms with van der Waals surface area (Å²) in [7, 11) is -7.81. The summed E-state index contributed by atoms with van der Waals surface area (Å²) in [5.74, 6) is 0. The Balaban J connectivity index is 0.00000361. The molecule has 0 radical (unpaired) electrons. The van der Waals surface area contributed by atoms with Crippen molar-refractivity contribution < 1.29 is 16.8 Å². The van der Waals surface area contributed by atoms with Gasteiger partial charge in [0.1, 0.15) is 0 Å². The summed E-state index contributed by atoms with van der Waals surface area (Å²) < 4.78 is 48.9. The first-order valence-electron chi connectivity index (χ1n) is 5.35. The number of halogens is 1.